The maximum Gasteiger partial charge on any atom is 0.0649 e. The molecule has 0 fully saturated rings. The van der Waals surface area contributed by atoms with E-state index < -0.39 is 0 Å². The van der Waals surface area contributed by atoms with Gasteiger partial charge >= 0.3 is 0 Å². The molecule has 21 heavy (non-hydrogen) atoms. The van der Waals surface area contributed by atoms with Gasteiger partial charge < -0.3 is 0 Å². The van der Waals surface area contributed by atoms with Crippen molar-refractivity contribution in [3.05, 3.63) is 69.3 Å². The highest BCUT2D eigenvalue weighted by Crippen LogP contribution is 2.37. The molecular weight excluding hydrogens is 320 g/mol. The Bertz CT molecular complexity index is 610. The second-order valence-corrected chi connectivity index (χ2v) is 7.27. The lowest BCUT2D eigenvalue weighted by atomic mass is 9.89. The van der Waals surface area contributed by atoms with Crippen LogP contribution in [0.1, 0.15) is 63.5 Å². The first-order valence-corrected chi connectivity index (χ1v) is 8.55. The Morgan fingerprint density at radius 3 is 1.62 bits per heavy atom. The smallest absolute Gasteiger partial charge is 0.0649 e. The van der Waals surface area contributed by atoms with E-state index in [1.165, 1.54) is 38.9 Å². The van der Waals surface area contributed by atoms with Crippen molar-refractivity contribution in [2.45, 2.75) is 52.3 Å². The molecule has 1 heteroatoms. The fourth-order valence-corrected chi connectivity index (χ4v) is 3.84. The highest BCUT2D eigenvalue weighted by molar-refractivity contribution is 9.09. The van der Waals surface area contributed by atoms with Gasteiger partial charge in [0.25, 0.3) is 0 Å². The third-order valence-electron chi connectivity index (χ3n) is 4.57. The Morgan fingerprint density at radius 1 is 0.762 bits per heavy atom. The summed E-state index contributed by atoms with van der Waals surface area (Å²) in [5.41, 5.74) is 9.68. The van der Waals surface area contributed by atoms with Gasteiger partial charge in [-0.05, 0) is 72.6 Å². The van der Waals surface area contributed by atoms with Crippen molar-refractivity contribution in [1.29, 1.82) is 0 Å². The van der Waals surface area contributed by atoms with Crippen LogP contribution in [0.15, 0.2) is 30.3 Å². The molecule has 0 amide bonds. The molecule has 2 aromatic rings. The van der Waals surface area contributed by atoms with Crippen molar-refractivity contribution >= 4 is 15.9 Å². The topological polar surface area (TPSA) is 0 Å². The van der Waals surface area contributed by atoms with Crippen LogP contribution >= 0.6 is 15.9 Å². The Balaban J connectivity index is 2.47. The average molecular weight is 345 g/mol. The molecule has 0 bridgehead atoms. The van der Waals surface area contributed by atoms with Gasteiger partial charge in [0.15, 0.2) is 0 Å². The molecule has 1 unspecified atom stereocenters. The first-order chi connectivity index (χ1) is 9.82. The summed E-state index contributed by atoms with van der Waals surface area (Å²) in [6, 6.07) is 11.3. The predicted octanol–water partition coefficient (Wildman–Crippen LogP) is 6.53. The second-order valence-electron chi connectivity index (χ2n) is 6.36. The molecule has 0 saturated carbocycles. The second kappa shape index (κ2) is 6.36. The van der Waals surface area contributed by atoms with Gasteiger partial charge in [0.1, 0.15) is 0 Å². The summed E-state index contributed by atoms with van der Waals surface area (Å²) in [5.74, 6) is 0.581. The standard InChI is InChI=1S/C20H25Br/c1-12(2)17-7-9-18(10-8-17)20(21)19-15(5)13(3)11-14(4)16(19)6/h7-12,20H,1-6H3. The summed E-state index contributed by atoms with van der Waals surface area (Å²) in [5, 5.41) is 0. The fraction of sp³-hybridized carbons (Fsp3) is 0.400. The monoisotopic (exact) mass is 344 g/mol. The first-order valence-electron chi connectivity index (χ1n) is 7.64. The van der Waals surface area contributed by atoms with E-state index in [0.29, 0.717) is 5.92 Å². The first kappa shape index (κ1) is 16.3. The minimum Gasteiger partial charge on any atom is -0.0786 e. The zero-order valence-corrected chi connectivity index (χ0v) is 15.5. The number of aryl methyl sites for hydroxylation is 2. The molecule has 112 valence electrons. The molecule has 0 heterocycles. The van der Waals surface area contributed by atoms with Gasteiger partial charge in [-0.3, -0.25) is 0 Å². The molecule has 1 atom stereocenters. The lowest BCUT2D eigenvalue weighted by Crippen LogP contribution is -2.03. The van der Waals surface area contributed by atoms with E-state index in [-0.39, 0.29) is 4.83 Å². The quantitative estimate of drug-likeness (QED) is 0.555. The third-order valence-corrected chi connectivity index (χ3v) is 5.56. The van der Waals surface area contributed by atoms with E-state index in [4.69, 9.17) is 0 Å². The predicted molar refractivity (Wildman–Crippen MR) is 96.7 cm³/mol. The number of hydrogen-bond acceptors (Lipinski definition) is 0. The number of halogens is 1. The molecule has 0 spiro atoms. The number of hydrogen-bond donors (Lipinski definition) is 0. The third kappa shape index (κ3) is 3.23. The summed E-state index contributed by atoms with van der Waals surface area (Å²) in [6.07, 6.45) is 0. The molecule has 2 rings (SSSR count). The van der Waals surface area contributed by atoms with Gasteiger partial charge in [0.2, 0.25) is 0 Å². The molecule has 2 aromatic carbocycles. The van der Waals surface area contributed by atoms with Crippen LogP contribution < -0.4 is 0 Å². The highest BCUT2D eigenvalue weighted by atomic mass is 79.9. The van der Waals surface area contributed by atoms with Crippen molar-refractivity contribution in [3.63, 3.8) is 0 Å². The maximum atomic E-state index is 3.93. The van der Waals surface area contributed by atoms with E-state index in [1.54, 1.807) is 0 Å². The summed E-state index contributed by atoms with van der Waals surface area (Å²) < 4.78 is 0. The summed E-state index contributed by atoms with van der Waals surface area (Å²) in [4.78, 5) is 0.261. The van der Waals surface area contributed by atoms with Gasteiger partial charge in [0.05, 0.1) is 4.83 Å². The highest BCUT2D eigenvalue weighted by Gasteiger charge is 2.18. The van der Waals surface area contributed by atoms with Crippen LogP contribution in [0.2, 0.25) is 0 Å². The van der Waals surface area contributed by atoms with E-state index in [2.05, 4.69) is 87.8 Å². The van der Waals surface area contributed by atoms with E-state index in [1.807, 2.05) is 0 Å². The summed E-state index contributed by atoms with van der Waals surface area (Å²) in [6.45, 7) is 13.3. The van der Waals surface area contributed by atoms with E-state index >= 15 is 0 Å². The molecule has 0 aliphatic heterocycles. The lowest BCUT2D eigenvalue weighted by molar-refractivity contribution is 0.865. The van der Waals surface area contributed by atoms with Crippen molar-refractivity contribution in [3.8, 4) is 0 Å². The zero-order valence-electron chi connectivity index (χ0n) is 13.9. The van der Waals surface area contributed by atoms with Crippen LogP contribution in [0.5, 0.6) is 0 Å². The van der Waals surface area contributed by atoms with Crippen molar-refractivity contribution < 1.29 is 0 Å². The van der Waals surface area contributed by atoms with Gasteiger partial charge in [-0.25, -0.2) is 0 Å². The van der Waals surface area contributed by atoms with E-state index in [9.17, 15) is 0 Å². The number of benzene rings is 2. The molecule has 0 saturated heterocycles. The number of rotatable bonds is 3. The van der Waals surface area contributed by atoms with Gasteiger partial charge in [0, 0.05) is 0 Å². The fourth-order valence-electron chi connectivity index (χ4n) is 2.84. The summed E-state index contributed by atoms with van der Waals surface area (Å²) >= 11 is 3.93. The largest absolute Gasteiger partial charge is 0.0786 e. The molecule has 0 radical (unpaired) electrons. The molecule has 0 N–H and O–H groups in total. The molecule has 0 nitrogen and oxygen atoms in total. The number of alkyl halides is 1. The normalized spacial score (nSPS) is 12.8. The van der Waals surface area contributed by atoms with Crippen LogP contribution in [0.4, 0.5) is 0 Å². The van der Waals surface area contributed by atoms with Gasteiger partial charge in [-0.1, -0.05) is 60.1 Å². The average Bonchev–Trinajstić information content (AvgIpc) is 2.45. The van der Waals surface area contributed by atoms with Crippen LogP contribution in [0.3, 0.4) is 0 Å². The molecule has 0 aliphatic rings. The van der Waals surface area contributed by atoms with Crippen LogP contribution in [0, 0.1) is 27.7 Å². The summed E-state index contributed by atoms with van der Waals surface area (Å²) in [7, 11) is 0. The maximum absolute atomic E-state index is 3.93. The van der Waals surface area contributed by atoms with Crippen molar-refractivity contribution in [1.82, 2.24) is 0 Å². The van der Waals surface area contributed by atoms with Gasteiger partial charge in [-0.2, -0.15) is 0 Å². The molecule has 0 aromatic heterocycles. The van der Waals surface area contributed by atoms with E-state index in [0.717, 1.165) is 0 Å². The zero-order chi connectivity index (χ0) is 15.7. The molecular formula is C20H25Br. The lowest BCUT2D eigenvalue weighted by Gasteiger charge is -2.20. The van der Waals surface area contributed by atoms with Crippen LogP contribution in [-0.2, 0) is 0 Å². The Hall–Kier alpha value is -1.08. The minimum absolute atomic E-state index is 0.261. The van der Waals surface area contributed by atoms with Gasteiger partial charge in [-0.15, -0.1) is 0 Å². The van der Waals surface area contributed by atoms with Crippen LogP contribution in [0.25, 0.3) is 0 Å². The SMILES string of the molecule is Cc1cc(C)c(C)c(C(Br)c2ccc(C(C)C)cc2)c1C. The molecule has 0 aliphatic carbocycles. The Labute approximate surface area is 137 Å². The Morgan fingerprint density at radius 2 is 1.19 bits per heavy atom. The van der Waals surface area contributed by atoms with Crippen LogP contribution in [-0.4, -0.2) is 0 Å². The van der Waals surface area contributed by atoms with Crippen molar-refractivity contribution in [2.75, 3.05) is 0 Å². The Kier molecular flexibility index (Phi) is 4.93. The van der Waals surface area contributed by atoms with Crippen molar-refractivity contribution in [2.24, 2.45) is 0 Å². The minimum atomic E-state index is 0.261.